The van der Waals surface area contributed by atoms with Crippen molar-refractivity contribution >= 4 is 58.5 Å². The molecule has 0 aromatic carbocycles. The Balaban J connectivity index is 0.000001000. The van der Waals surface area contributed by atoms with Crippen molar-refractivity contribution in [1.82, 2.24) is 10.2 Å². The molecule has 0 aliphatic heterocycles. The molecule has 0 radical (unpaired) electrons. The standard InChI is InChI=1S/C11H12N4OS2.2ClH/c1-5-14-15-11(18-5)13-10(16)9-6(2-3-17-9)7-4-8(7)12;;/h2-3,7-8H,4,12H2,1H3,(H,13,15,16);2*1H/t7-,8+;;/m0../s1. The molecule has 0 bridgehead atoms. The molecule has 110 valence electrons. The lowest BCUT2D eigenvalue weighted by molar-refractivity contribution is 0.102. The fraction of sp³-hybridized carbons (Fsp3) is 0.364. The molecule has 1 aliphatic rings. The molecule has 2 atom stereocenters. The Bertz CT molecular complexity index is 601. The molecule has 0 spiro atoms. The minimum atomic E-state index is -0.116. The Morgan fingerprint density at radius 2 is 2.15 bits per heavy atom. The van der Waals surface area contributed by atoms with Crippen molar-refractivity contribution in [1.29, 1.82) is 0 Å². The maximum Gasteiger partial charge on any atom is 0.267 e. The van der Waals surface area contributed by atoms with E-state index in [4.69, 9.17) is 5.73 Å². The van der Waals surface area contributed by atoms with Crippen LogP contribution in [0.25, 0.3) is 0 Å². The summed E-state index contributed by atoms with van der Waals surface area (Å²) in [5.74, 6) is 0.225. The molecule has 20 heavy (non-hydrogen) atoms. The first-order chi connectivity index (χ1) is 8.65. The number of aromatic nitrogens is 2. The molecule has 3 rings (SSSR count). The van der Waals surface area contributed by atoms with Crippen LogP contribution < -0.4 is 11.1 Å². The van der Waals surface area contributed by atoms with E-state index in [9.17, 15) is 4.79 Å². The number of nitrogens with one attached hydrogen (secondary N) is 1. The van der Waals surface area contributed by atoms with Gasteiger partial charge in [0.05, 0.1) is 4.88 Å². The second-order valence-corrected chi connectivity index (χ2v) is 6.39. The summed E-state index contributed by atoms with van der Waals surface area (Å²) in [6.07, 6.45) is 0.967. The van der Waals surface area contributed by atoms with Crippen LogP contribution in [0.2, 0.25) is 0 Å². The van der Waals surface area contributed by atoms with Crippen LogP contribution in [0.15, 0.2) is 11.4 Å². The van der Waals surface area contributed by atoms with Gasteiger partial charge in [0, 0.05) is 12.0 Å². The molecular formula is C11H14Cl2N4OS2. The van der Waals surface area contributed by atoms with Gasteiger partial charge in [-0.05, 0) is 30.4 Å². The van der Waals surface area contributed by atoms with E-state index >= 15 is 0 Å². The molecule has 1 saturated carbocycles. The van der Waals surface area contributed by atoms with E-state index in [-0.39, 0.29) is 36.8 Å². The second-order valence-electron chi connectivity index (χ2n) is 4.29. The smallest absolute Gasteiger partial charge is 0.267 e. The molecule has 2 aromatic heterocycles. The number of thiophene rings is 1. The number of hydrogen-bond donors (Lipinski definition) is 2. The van der Waals surface area contributed by atoms with Crippen LogP contribution in [-0.4, -0.2) is 22.1 Å². The van der Waals surface area contributed by atoms with Crippen molar-refractivity contribution in [3.05, 3.63) is 26.9 Å². The first-order valence-electron chi connectivity index (χ1n) is 5.59. The normalized spacial score (nSPS) is 19.7. The van der Waals surface area contributed by atoms with E-state index in [1.165, 1.54) is 22.7 Å². The van der Waals surface area contributed by atoms with E-state index < -0.39 is 0 Å². The van der Waals surface area contributed by atoms with E-state index in [0.717, 1.165) is 21.9 Å². The van der Waals surface area contributed by atoms with Gasteiger partial charge in [0.15, 0.2) is 0 Å². The highest BCUT2D eigenvalue weighted by Crippen LogP contribution is 2.42. The number of rotatable bonds is 3. The lowest BCUT2D eigenvalue weighted by Gasteiger charge is -2.02. The van der Waals surface area contributed by atoms with Crippen LogP contribution in [-0.2, 0) is 0 Å². The average molecular weight is 353 g/mol. The Labute approximate surface area is 136 Å². The maximum absolute atomic E-state index is 12.1. The number of halogens is 2. The van der Waals surface area contributed by atoms with Gasteiger partial charge in [-0.15, -0.1) is 46.3 Å². The van der Waals surface area contributed by atoms with Crippen molar-refractivity contribution in [3.63, 3.8) is 0 Å². The van der Waals surface area contributed by atoms with Gasteiger partial charge in [-0.1, -0.05) is 11.3 Å². The molecular weight excluding hydrogens is 339 g/mol. The average Bonchev–Trinajstić information content (AvgIpc) is 2.79. The number of anilines is 1. The number of aryl methyl sites for hydroxylation is 1. The van der Waals surface area contributed by atoms with Crippen LogP contribution in [0.4, 0.5) is 5.13 Å². The topological polar surface area (TPSA) is 80.9 Å². The Hall–Kier alpha value is -0.730. The largest absolute Gasteiger partial charge is 0.327 e. The molecule has 2 heterocycles. The summed E-state index contributed by atoms with van der Waals surface area (Å²) in [5, 5.41) is 13.8. The van der Waals surface area contributed by atoms with Crippen LogP contribution >= 0.6 is 47.5 Å². The monoisotopic (exact) mass is 352 g/mol. The maximum atomic E-state index is 12.1. The molecule has 9 heteroatoms. The fourth-order valence-corrected chi connectivity index (χ4v) is 3.32. The van der Waals surface area contributed by atoms with Gasteiger partial charge >= 0.3 is 0 Å². The predicted octanol–water partition coefficient (Wildman–Crippen LogP) is 2.82. The third-order valence-electron chi connectivity index (χ3n) is 2.89. The van der Waals surface area contributed by atoms with E-state index in [1.54, 1.807) is 0 Å². The number of carbonyl (C=O) groups excluding carboxylic acids is 1. The van der Waals surface area contributed by atoms with E-state index in [2.05, 4.69) is 15.5 Å². The first kappa shape index (κ1) is 17.3. The van der Waals surface area contributed by atoms with Gasteiger partial charge in [0.1, 0.15) is 5.01 Å². The van der Waals surface area contributed by atoms with Crippen LogP contribution in [0.1, 0.15) is 32.6 Å². The Kier molecular flexibility index (Phi) is 5.91. The zero-order valence-electron chi connectivity index (χ0n) is 10.5. The Morgan fingerprint density at radius 3 is 2.70 bits per heavy atom. The van der Waals surface area contributed by atoms with Gasteiger partial charge in [0.25, 0.3) is 5.91 Å². The highest BCUT2D eigenvalue weighted by atomic mass is 35.5. The summed E-state index contributed by atoms with van der Waals surface area (Å²) in [6.45, 7) is 1.85. The fourth-order valence-electron chi connectivity index (χ4n) is 1.87. The van der Waals surface area contributed by atoms with Gasteiger partial charge in [-0.25, -0.2) is 0 Å². The van der Waals surface area contributed by atoms with Crippen LogP contribution in [0.3, 0.4) is 0 Å². The number of amides is 1. The van der Waals surface area contributed by atoms with Gasteiger partial charge in [-0.3, -0.25) is 10.1 Å². The van der Waals surface area contributed by atoms with Crippen molar-refractivity contribution < 1.29 is 4.79 Å². The Morgan fingerprint density at radius 1 is 1.45 bits per heavy atom. The number of nitrogens with zero attached hydrogens (tertiary/aromatic N) is 2. The van der Waals surface area contributed by atoms with E-state index in [1.807, 2.05) is 18.4 Å². The van der Waals surface area contributed by atoms with Crippen molar-refractivity contribution in [2.24, 2.45) is 5.73 Å². The molecule has 0 unspecified atom stereocenters. The highest BCUT2D eigenvalue weighted by molar-refractivity contribution is 7.15. The molecule has 0 saturated heterocycles. The molecule has 5 nitrogen and oxygen atoms in total. The molecule has 1 aliphatic carbocycles. The predicted molar refractivity (Wildman–Crippen MR) is 86.7 cm³/mol. The zero-order chi connectivity index (χ0) is 12.7. The summed E-state index contributed by atoms with van der Waals surface area (Å²) in [4.78, 5) is 12.9. The van der Waals surface area contributed by atoms with Crippen LogP contribution in [0, 0.1) is 6.92 Å². The molecule has 3 N–H and O–H groups in total. The number of carbonyl (C=O) groups is 1. The SMILES string of the molecule is Cc1nnc(NC(=O)c2sccc2[C@@H]2C[C@H]2N)s1.Cl.Cl. The van der Waals surface area contributed by atoms with Crippen molar-refractivity contribution in [3.8, 4) is 0 Å². The van der Waals surface area contributed by atoms with Crippen molar-refractivity contribution in [2.75, 3.05) is 5.32 Å². The second kappa shape index (κ2) is 6.82. The number of nitrogens with two attached hydrogens (primary N) is 1. The van der Waals surface area contributed by atoms with Crippen LogP contribution in [0.5, 0.6) is 0 Å². The quantitative estimate of drug-likeness (QED) is 0.889. The summed E-state index contributed by atoms with van der Waals surface area (Å²) in [5.41, 5.74) is 6.90. The molecule has 1 amide bonds. The summed E-state index contributed by atoms with van der Waals surface area (Å²) in [7, 11) is 0. The van der Waals surface area contributed by atoms with Gasteiger partial charge in [-0.2, -0.15) is 0 Å². The summed E-state index contributed by atoms with van der Waals surface area (Å²) in [6, 6.07) is 2.19. The van der Waals surface area contributed by atoms with Gasteiger partial charge < -0.3 is 5.73 Å². The summed E-state index contributed by atoms with van der Waals surface area (Å²) >= 11 is 2.81. The minimum Gasteiger partial charge on any atom is -0.327 e. The minimum absolute atomic E-state index is 0. The van der Waals surface area contributed by atoms with Crippen molar-refractivity contribution in [2.45, 2.75) is 25.3 Å². The highest BCUT2D eigenvalue weighted by Gasteiger charge is 2.38. The lowest BCUT2D eigenvalue weighted by atomic mass is 10.1. The van der Waals surface area contributed by atoms with Gasteiger partial charge in [0.2, 0.25) is 5.13 Å². The first-order valence-corrected chi connectivity index (χ1v) is 7.29. The number of hydrogen-bond acceptors (Lipinski definition) is 6. The lowest BCUT2D eigenvalue weighted by Crippen LogP contribution is -2.12. The zero-order valence-corrected chi connectivity index (χ0v) is 13.8. The molecule has 1 fully saturated rings. The third kappa shape index (κ3) is 3.48. The summed E-state index contributed by atoms with van der Waals surface area (Å²) < 4.78 is 0. The van der Waals surface area contributed by atoms with E-state index in [0.29, 0.717) is 11.0 Å². The molecule has 2 aromatic rings. The third-order valence-corrected chi connectivity index (χ3v) is 4.57.